The van der Waals surface area contributed by atoms with Crippen molar-refractivity contribution < 1.29 is 78.8 Å². The fourth-order valence-corrected chi connectivity index (χ4v) is 6.50. The van der Waals surface area contributed by atoms with Gasteiger partial charge in [0.25, 0.3) is 0 Å². The second kappa shape index (κ2) is 10.6. The Morgan fingerprint density at radius 1 is 0.889 bits per heavy atom. The van der Waals surface area contributed by atoms with Gasteiger partial charge < -0.3 is 0 Å². The first-order valence-electron chi connectivity index (χ1n) is 3.86. The van der Waals surface area contributed by atoms with Gasteiger partial charge in [0.1, 0.15) is 0 Å². The summed E-state index contributed by atoms with van der Waals surface area (Å²) in [5, 5.41) is 23.0. The Kier molecular flexibility index (Phi) is 13.1. The molecule has 0 aliphatic heterocycles. The van der Waals surface area contributed by atoms with Gasteiger partial charge in [0.2, 0.25) is 0 Å². The van der Waals surface area contributed by atoms with Crippen molar-refractivity contribution in [2.75, 3.05) is 14.2 Å². The largest absolute Gasteiger partial charge is 1.00 e. The molecule has 88 valence electrons. The van der Waals surface area contributed by atoms with E-state index in [0.29, 0.717) is 15.0 Å². The van der Waals surface area contributed by atoms with Gasteiger partial charge in [-0.15, -0.1) is 0 Å². The van der Waals surface area contributed by atoms with Crippen LogP contribution in [0.15, 0.2) is 0 Å². The molecule has 0 N–H and O–H groups in total. The Labute approximate surface area is 170 Å². The molecule has 0 fully saturated rings. The van der Waals surface area contributed by atoms with Crippen LogP contribution in [0.3, 0.4) is 0 Å². The Morgan fingerprint density at radius 2 is 1.17 bits per heavy atom. The van der Waals surface area contributed by atoms with Crippen molar-refractivity contribution >= 4 is 65.3 Å². The van der Waals surface area contributed by atoms with E-state index in [1.807, 2.05) is 0 Å². The second-order valence-electron chi connectivity index (χ2n) is 2.42. The average molecular weight is 434 g/mol. The predicted molar refractivity (Wildman–Crippen MR) is 62.1 cm³/mol. The molecule has 1 rings (SSSR count). The SMILES string of the molecule is COC([O-])=c1[se]c(=S)c(=S)[se]c1=C([O-])OC.[Na+].[Na+]. The van der Waals surface area contributed by atoms with Gasteiger partial charge in [0.15, 0.2) is 0 Å². The smallest absolute Gasteiger partial charge is 1.00 e. The molecule has 0 bridgehead atoms. The maximum absolute atomic E-state index is 11.5. The standard InChI is InChI=1S/C8H8O4S2Se2.2Na/c1-11-5(9)3-4(6(10)12-2)16-8(14)7(13)15-3;;/h9-10H,1-2H3;;/q;2*+1/p-2. The molecule has 18 heavy (non-hydrogen) atoms. The van der Waals surface area contributed by atoms with Gasteiger partial charge >= 0.3 is 173 Å². The molecule has 0 atom stereocenters. The number of hydrogen-bond donors (Lipinski definition) is 0. The van der Waals surface area contributed by atoms with Crippen molar-refractivity contribution in [2.24, 2.45) is 0 Å². The third-order valence-electron chi connectivity index (χ3n) is 1.50. The minimum atomic E-state index is -0.521. The summed E-state index contributed by atoms with van der Waals surface area (Å²) in [7, 11) is 2.53. The summed E-state index contributed by atoms with van der Waals surface area (Å²) in [5.41, 5.74) is 0. The molecule has 10 heteroatoms. The zero-order valence-corrected chi connectivity index (χ0v) is 19.3. The van der Waals surface area contributed by atoms with Crippen molar-refractivity contribution in [3.05, 3.63) is 15.0 Å². The molecule has 0 amide bonds. The molecule has 4 nitrogen and oxygen atoms in total. The van der Waals surface area contributed by atoms with E-state index in [1.54, 1.807) is 0 Å². The molecule has 0 aliphatic rings. The van der Waals surface area contributed by atoms with E-state index in [0.717, 1.165) is 0 Å². The Hall–Kier alpha value is 1.90. The molecule has 0 spiro atoms. The van der Waals surface area contributed by atoms with Crippen LogP contribution in [0.5, 0.6) is 0 Å². The van der Waals surface area contributed by atoms with Crippen molar-refractivity contribution in [2.45, 2.75) is 0 Å². The van der Waals surface area contributed by atoms with E-state index < -0.39 is 40.9 Å². The van der Waals surface area contributed by atoms with Gasteiger partial charge in [-0.1, -0.05) is 0 Å². The van der Waals surface area contributed by atoms with Gasteiger partial charge in [-0.05, 0) is 0 Å². The fourth-order valence-electron chi connectivity index (χ4n) is 0.816. The quantitative estimate of drug-likeness (QED) is 0.341. The number of methoxy groups -OCH3 is 2. The van der Waals surface area contributed by atoms with E-state index >= 15 is 0 Å². The normalized spacial score (nSPS) is 12.6. The van der Waals surface area contributed by atoms with Crippen LogP contribution >= 0.6 is 24.4 Å². The van der Waals surface area contributed by atoms with Gasteiger partial charge in [-0.3, -0.25) is 0 Å². The molecule has 1 aromatic heterocycles. The zero-order valence-electron chi connectivity index (χ0n) is 10.3. The van der Waals surface area contributed by atoms with E-state index in [9.17, 15) is 10.2 Å². The van der Waals surface area contributed by atoms with Crippen molar-refractivity contribution in [3.8, 4) is 0 Å². The summed E-state index contributed by atoms with van der Waals surface area (Å²) in [6.45, 7) is 0. The third kappa shape index (κ3) is 5.72. The third-order valence-corrected chi connectivity index (χ3v) is 8.85. The summed E-state index contributed by atoms with van der Waals surface area (Å²) in [5.74, 6) is -1.04. The Balaban J connectivity index is 0. The van der Waals surface area contributed by atoms with E-state index in [-0.39, 0.29) is 59.1 Å². The van der Waals surface area contributed by atoms with E-state index in [1.165, 1.54) is 14.2 Å². The molecule has 0 aromatic carbocycles. The van der Waals surface area contributed by atoms with Crippen LogP contribution in [0.1, 0.15) is 0 Å². The van der Waals surface area contributed by atoms with Gasteiger partial charge in [-0.25, -0.2) is 0 Å². The fraction of sp³-hybridized carbons (Fsp3) is 0.250. The summed E-state index contributed by atoms with van der Waals surface area (Å²) in [4.78, 5) is 0. The molecular weight excluding hydrogens is 428 g/mol. The van der Waals surface area contributed by atoms with Crippen LogP contribution in [0.2, 0.25) is 0 Å². The number of hydrogen-bond acceptors (Lipinski definition) is 6. The molecule has 0 aliphatic carbocycles. The van der Waals surface area contributed by atoms with Gasteiger partial charge in [0.05, 0.1) is 0 Å². The molecular formula is C8H6Na2O4S2Se2. The first-order valence-corrected chi connectivity index (χ1v) is 8.10. The predicted octanol–water partition coefficient (Wildman–Crippen LogP) is -8.59. The van der Waals surface area contributed by atoms with Crippen molar-refractivity contribution in [1.82, 2.24) is 0 Å². The summed E-state index contributed by atoms with van der Waals surface area (Å²) in [6, 6.07) is 0. The molecule has 1 aromatic rings. The molecule has 0 saturated heterocycles. The van der Waals surface area contributed by atoms with Crippen LogP contribution in [-0.2, 0) is 9.47 Å². The molecule has 0 radical (unpaired) electrons. The van der Waals surface area contributed by atoms with Crippen LogP contribution in [0, 0.1) is 6.77 Å². The van der Waals surface area contributed by atoms with E-state index in [2.05, 4.69) is 9.47 Å². The Morgan fingerprint density at radius 3 is 1.39 bits per heavy atom. The second-order valence-corrected chi connectivity index (χ2v) is 8.69. The Bertz CT molecular complexity index is 570. The van der Waals surface area contributed by atoms with Crippen LogP contribution in [-0.4, -0.2) is 43.2 Å². The van der Waals surface area contributed by atoms with Gasteiger partial charge in [0, 0.05) is 0 Å². The summed E-state index contributed by atoms with van der Waals surface area (Å²) >= 11 is 9.29. The van der Waals surface area contributed by atoms with Crippen LogP contribution < -0.4 is 77.5 Å². The minimum Gasteiger partial charge on any atom is 1.00 e. The van der Waals surface area contributed by atoms with Crippen molar-refractivity contribution in [3.63, 3.8) is 0 Å². The number of rotatable bonds is 2. The molecule has 0 unspecified atom stereocenters. The van der Waals surface area contributed by atoms with Gasteiger partial charge in [-0.2, -0.15) is 0 Å². The molecule has 1 heterocycles. The minimum absolute atomic E-state index is 0. The summed E-state index contributed by atoms with van der Waals surface area (Å²) < 4.78 is 11.1. The maximum Gasteiger partial charge on any atom is 1.00 e. The topological polar surface area (TPSA) is 64.6 Å². The number of ether oxygens (including phenoxy) is 2. The summed E-state index contributed by atoms with van der Waals surface area (Å²) in [6.07, 6.45) is 0. The van der Waals surface area contributed by atoms with Crippen LogP contribution in [0.4, 0.5) is 0 Å². The van der Waals surface area contributed by atoms with E-state index in [4.69, 9.17) is 24.4 Å². The first-order chi connectivity index (χ1) is 7.51. The van der Waals surface area contributed by atoms with Crippen molar-refractivity contribution in [1.29, 1.82) is 0 Å². The maximum atomic E-state index is 11.5. The average Bonchev–Trinajstić information content (AvgIpc) is 2.30. The molecule has 0 saturated carbocycles. The first kappa shape index (κ1) is 22.2. The van der Waals surface area contributed by atoms with Crippen LogP contribution in [0.25, 0.3) is 11.9 Å². The zero-order chi connectivity index (χ0) is 12.3. The monoisotopic (exact) mass is 436 g/mol.